The predicted octanol–water partition coefficient (Wildman–Crippen LogP) is 4.09. The zero-order valence-electron chi connectivity index (χ0n) is 16.3. The maximum Gasteiger partial charge on any atom is 0.244 e. The van der Waals surface area contributed by atoms with Gasteiger partial charge in [-0.25, -0.2) is 13.2 Å². The smallest absolute Gasteiger partial charge is 0.244 e. The highest BCUT2D eigenvalue weighted by molar-refractivity contribution is 7.99. The van der Waals surface area contributed by atoms with Crippen LogP contribution in [0.5, 0.6) is 0 Å². The van der Waals surface area contributed by atoms with E-state index in [4.69, 9.17) is 5.26 Å². The van der Waals surface area contributed by atoms with Crippen LogP contribution < -0.4 is 5.32 Å². The fourth-order valence-electron chi connectivity index (χ4n) is 2.57. The van der Waals surface area contributed by atoms with E-state index >= 15 is 0 Å². The number of nitrogens with zero attached hydrogens (tertiary/aromatic N) is 2. The molecule has 0 fully saturated rings. The average molecular weight is 435 g/mol. The second-order valence-electron chi connectivity index (χ2n) is 6.39. The monoisotopic (exact) mass is 435 g/mol. The van der Waals surface area contributed by atoms with E-state index in [-0.39, 0.29) is 18.2 Å². The van der Waals surface area contributed by atoms with Gasteiger partial charge in [0.15, 0.2) is 17.5 Å². The lowest BCUT2D eigenvalue weighted by Crippen LogP contribution is -2.39. The van der Waals surface area contributed by atoms with Gasteiger partial charge >= 0.3 is 0 Å². The van der Waals surface area contributed by atoms with Gasteiger partial charge in [0.2, 0.25) is 11.8 Å². The summed E-state index contributed by atoms with van der Waals surface area (Å²) in [5.74, 6) is -4.80. The van der Waals surface area contributed by atoms with Crippen molar-refractivity contribution in [1.82, 2.24) is 4.90 Å². The summed E-state index contributed by atoms with van der Waals surface area (Å²) in [6.07, 6.45) is 0.610. The lowest BCUT2D eigenvalue weighted by molar-refractivity contribution is -0.132. The Kier molecular flexibility index (Phi) is 8.74. The Balaban J connectivity index is 1.90. The van der Waals surface area contributed by atoms with Crippen LogP contribution in [0.2, 0.25) is 0 Å². The minimum absolute atomic E-state index is 0.132. The highest BCUT2D eigenvalue weighted by Gasteiger charge is 2.19. The average Bonchev–Trinajstić information content (AvgIpc) is 2.74. The summed E-state index contributed by atoms with van der Waals surface area (Å²) in [7, 11) is 0. The summed E-state index contributed by atoms with van der Waals surface area (Å²) in [5, 5.41) is 11.0. The van der Waals surface area contributed by atoms with Crippen LogP contribution in [0.15, 0.2) is 36.4 Å². The first kappa shape index (κ1) is 23.3. The van der Waals surface area contributed by atoms with Crippen molar-refractivity contribution >= 4 is 29.3 Å². The van der Waals surface area contributed by atoms with Crippen LogP contribution in [-0.2, 0) is 15.3 Å². The molecule has 1 N–H and O–H groups in total. The molecule has 0 heterocycles. The number of hydrogen-bond donors (Lipinski definition) is 1. The van der Waals surface area contributed by atoms with E-state index in [1.807, 2.05) is 25.1 Å². The largest absolute Gasteiger partial charge is 0.333 e. The number of thioether (sulfide) groups is 1. The topological polar surface area (TPSA) is 73.2 Å². The molecule has 0 aliphatic rings. The van der Waals surface area contributed by atoms with Gasteiger partial charge in [0.1, 0.15) is 0 Å². The molecule has 2 aromatic carbocycles. The van der Waals surface area contributed by atoms with Crippen molar-refractivity contribution in [3.63, 3.8) is 0 Å². The van der Waals surface area contributed by atoms with Gasteiger partial charge in [-0.05, 0) is 36.2 Å². The van der Waals surface area contributed by atoms with Gasteiger partial charge in [0, 0.05) is 12.3 Å². The van der Waals surface area contributed by atoms with Gasteiger partial charge < -0.3 is 10.2 Å². The molecule has 158 valence electrons. The van der Waals surface area contributed by atoms with Gasteiger partial charge in [0.25, 0.3) is 0 Å². The van der Waals surface area contributed by atoms with Gasteiger partial charge in [-0.3, -0.25) is 9.59 Å². The van der Waals surface area contributed by atoms with E-state index in [1.165, 1.54) is 16.7 Å². The fraction of sp³-hybridized carbons (Fsp3) is 0.286. The van der Waals surface area contributed by atoms with Crippen molar-refractivity contribution in [3.8, 4) is 6.07 Å². The number of rotatable bonds is 9. The van der Waals surface area contributed by atoms with Crippen molar-refractivity contribution in [2.45, 2.75) is 19.1 Å². The molecular formula is C21H20F3N3O2S. The minimum Gasteiger partial charge on any atom is -0.333 e. The molecule has 0 aliphatic heterocycles. The zero-order chi connectivity index (χ0) is 22.1. The zero-order valence-corrected chi connectivity index (χ0v) is 17.1. The number of carbonyl (C=O) groups excluding carboxylic acids is 2. The standard InChI is InChI=1S/C21H20F3N3O2S/c1-2-9-27(11-18(28)26-17-8-7-16(22)20(23)21(17)24)19(29)13-30-12-15-5-3-14(10-25)4-6-15/h3-8H,2,9,11-13H2,1H3,(H,26,28). The number of halogens is 3. The molecular weight excluding hydrogens is 415 g/mol. The molecule has 2 aromatic rings. The summed E-state index contributed by atoms with van der Waals surface area (Å²) < 4.78 is 40.0. The van der Waals surface area contributed by atoms with Crippen molar-refractivity contribution in [2.75, 3.05) is 24.2 Å². The van der Waals surface area contributed by atoms with Gasteiger partial charge in [-0.1, -0.05) is 19.1 Å². The van der Waals surface area contributed by atoms with Crippen LogP contribution in [0.3, 0.4) is 0 Å². The molecule has 0 atom stereocenters. The van der Waals surface area contributed by atoms with Gasteiger partial charge in [-0.15, -0.1) is 11.8 Å². The Morgan fingerprint density at radius 1 is 1.10 bits per heavy atom. The Morgan fingerprint density at radius 2 is 1.80 bits per heavy atom. The van der Waals surface area contributed by atoms with Crippen LogP contribution in [0.25, 0.3) is 0 Å². The second kappa shape index (κ2) is 11.3. The summed E-state index contributed by atoms with van der Waals surface area (Å²) >= 11 is 1.36. The maximum atomic E-state index is 13.7. The molecule has 2 amide bonds. The third-order valence-corrected chi connectivity index (χ3v) is 5.06. The molecule has 0 saturated carbocycles. The minimum atomic E-state index is -1.67. The van der Waals surface area contributed by atoms with Crippen LogP contribution in [0, 0.1) is 28.8 Å². The third kappa shape index (κ3) is 6.52. The quantitative estimate of drug-likeness (QED) is 0.603. The number of nitrogens with one attached hydrogen (secondary N) is 1. The highest BCUT2D eigenvalue weighted by Crippen LogP contribution is 2.19. The molecule has 0 radical (unpaired) electrons. The molecule has 0 unspecified atom stereocenters. The van der Waals surface area contributed by atoms with Crippen LogP contribution in [0.1, 0.15) is 24.5 Å². The van der Waals surface area contributed by atoms with E-state index < -0.39 is 29.0 Å². The maximum absolute atomic E-state index is 13.7. The number of anilines is 1. The highest BCUT2D eigenvalue weighted by atomic mass is 32.2. The van der Waals surface area contributed by atoms with Crippen LogP contribution >= 0.6 is 11.8 Å². The molecule has 5 nitrogen and oxygen atoms in total. The molecule has 2 rings (SSSR count). The van der Waals surface area contributed by atoms with Crippen molar-refractivity contribution in [3.05, 3.63) is 65.0 Å². The molecule has 0 saturated heterocycles. The summed E-state index contributed by atoms with van der Waals surface area (Å²) in [6, 6.07) is 10.7. The molecule has 0 aromatic heterocycles. The fourth-order valence-corrected chi connectivity index (χ4v) is 3.46. The molecule has 0 aliphatic carbocycles. The van der Waals surface area contributed by atoms with Crippen molar-refractivity contribution < 1.29 is 22.8 Å². The first-order valence-corrected chi connectivity index (χ1v) is 10.3. The van der Waals surface area contributed by atoms with Gasteiger partial charge in [0.05, 0.1) is 29.6 Å². The molecule has 0 bridgehead atoms. The number of benzene rings is 2. The Morgan fingerprint density at radius 3 is 2.43 bits per heavy atom. The summed E-state index contributed by atoms with van der Waals surface area (Å²) in [5.41, 5.74) is 1.02. The first-order valence-electron chi connectivity index (χ1n) is 9.13. The Labute approximate surface area is 176 Å². The summed E-state index contributed by atoms with van der Waals surface area (Å²) in [4.78, 5) is 26.0. The van der Waals surface area contributed by atoms with Crippen LogP contribution in [0.4, 0.5) is 18.9 Å². The van der Waals surface area contributed by atoms with E-state index in [9.17, 15) is 22.8 Å². The molecule has 9 heteroatoms. The summed E-state index contributed by atoms with van der Waals surface area (Å²) in [6.45, 7) is 1.84. The van der Waals surface area contributed by atoms with Crippen molar-refractivity contribution in [2.24, 2.45) is 0 Å². The lowest BCUT2D eigenvalue weighted by atomic mass is 10.2. The van der Waals surface area contributed by atoms with E-state index in [2.05, 4.69) is 5.32 Å². The first-order chi connectivity index (χ1) is 14.3. The number of carbonyl (C=O) groups is 2. The SMILES string of the molecule is CCCN(CC(=O)Nc1ccc(F)c(F)c1F)C(=O)CSCc1ccc(C#N)cc1. The van der Waals surface area contributed by atoms with Gasteiger partial charge in [-0.2, -0.15) is 5.26 Å². The second-order valence-corrected chi connectivity index (χ2v) is 7.37. The van der Waals surface area contributed by atoms with Crippen molar-refractivity contribution in [1.29, 1.82) is 5.26 Å². The van der Waals surface area contributed by atoms with Crippen LogP contribution in [-0.4, -0.2) is 35.6 Å². The number of amides is 2. The lowest BCUT2D eigenvalue weighted by Gasteiger charge is -2.21. The molecule has 0 spiro atoms. The Hall–Kier alpha value is -2.99. The van der Waals surface area contributed by atoms with E-state index in [0.29, 0.717) is 30.3 Å². The number of hydrogen-bond acceptors (Lipinski definition) is 4. The van der Waals surface area contributed by atoms with E-state index in [0.717, 1.165) is 11.6 Å². The number of nitriles is 1. The predicted molar refractivity (Wildman–Crippen MR) is 109 cm³/mol. The Bertz CT molecular complexity index is 946. The molecule has 30 heavy (non-hydrogen) atoms. The van der Waals surface area contributed by atoms with E-state index in [1.54, 1.807) is 12.1 Å². The normalized spacial score (nSPS) is 10.4. The third-order valence-electron chi connectivity index (χ3n) is 4.07.